The van der Waals surface area contributed by atoms with Crippen LogP contribution in [-0.4, -0.2) is 0 Å². The SMILES string of the molecule is CC1(C)c2ccccc2-c2ccc(N(c3ccc4c(c3)C(C)(C)c3ccccc3-4)c3cc4ccccc4c4c3-c3ccc(-c5ccccc5)cc3C4(c3ccccc3)c3ccccc3)cc21. The molecule has 0 heterocycles. The van der Waals surface area contributed by atoms with E-state index in [0.29, 0.717) is 0 Å². The molecule has 3 aliphatic carbocycles. The standard InChI is InChI=1S/C65H49N/c1-63(2)55-30-18-16-28-50(55)52-36-33-47(40-57(52)63)66(48-34-37-53-51-29-17-19-31-56(51)64(3,4)58(53)41-48)60-39-44-22-14-15-27-49(44)62-61(60)54-35-32-43(42-20-8-5-9-21-42)38-59(54)65(62,45-23-10-6-11-24-45)46-25-12-7-13-26-46/h5-41H,1-4H3. The van der Waals surface area contributed by atoms with Crippen molar-refractivity contribution >= 4 is 27.8 Å². The van der Waals surface area contributed by atoms with Gasteiger partial charge in [0.2, 0.25) is 0 Å². The van der Waals surface area contributed by atoms with Crippen LogP contribution < -0.4 is 4.90 Å². The van der Waals surface area contributed by atoms with E-state index in [1.807, 2.05) is 0 Å². The molecule has 0 fully saturated rings. The van der Waals surface area contributed by atoms with Crippen molar-refractivity contribution in [1.29, 1.82) is 0 Å². The Balaban J connectivity index is 1.17. The second-order valence-electron chi connectivity index (χ2n) is 19.6. The minimum Gasteiger partial charge on any atom is -0.310 e. The Bertz CT molecular complexity index is 3430. The maximum atomic E-state index is 2.60. The fourth-order valence-electron chi connectivity index (χ4n) is 12.4. The molecule has 10 aromatic carbocycles. The van der Waals surface area contributed by atoms with Gasteiger partial charge in [-0.25, -0.2) is 0 Å². The number of rotatable bonds is 6. The van der Waals surface area contributed by atoms with Gasteiger partial charge in [0.15, 0.2) is 0 Å². The van der Waals surface area contributed by atoms with Gasteiger partial charge in [0.05, 0.1) is 11.1 Å². The molecule has 1 heteroatoms. The van der Waals surface area contributed by atoms with E-state index in [1.54, 1.807) is 0 Å². The second-order valence-corrected chi connectivity index (χ2v) is 19.6. The summed E-state index contributed by atoms with van der Waals surface area (Å²) in [5.74, 6) is 0. The lowest BCUT2D eigenvalue weighted by atomic mass is 9.66. The third-order valence-electron chi connectivity index (χ3n) is 15.5. The molecular formula is C65H49N. The Morgan fingerprint density at radius 2 is 0.803 bits per heavy atom. The summed E-state index contributed by atoms with van der Waals surface area (Å²) in [5.41, 5.74) is 23.3. The number of nitrogens with zero attached hydrogens (tertiary/aromatic N) is 1. The van der Waals surface area contributed by atoms with Crippen LogP contribution in [0.3, 0.4) is 0 Å². The Labute approximate surface area is 388 Å². The molecule has 0 spiro atoms. The quantitative estimate of drug-likeness (QED) is 0.161. The van der Waals surface area contributed by atoms with Crippen LogP contribution in [0.1, 0.15) is 72.2 Å². The predicted octanol–water partition coefficient (Wildman–Crippen LogP) is 17.0. The van der Waals surface area contributed by atoms with Crippen LogP contribution in [0.25, 0.3) is 55.3 Å². The molecule has 0 atom stereocenters. The highest BCUT2D eigenvalue weighted by atomic mass is 15.1. The zero-order valence-electron chi connectivity index (χ0n) is 37.8. The first-order valence-corrected chi connectivity index (χ1v) is 23.4. The zero-order chi connectivity index (χ0) is 44.4. The molecule has 0 aliphatic heterocycles. The van der Waals surface area contributed by atoms with Gasteiger partial charge in [0.1, 0.15) is 0 Å². The van der Waals surface area contributed by atoms with Crippen LogP contribution in [0.5, 0.6) is 0 Å². The van der Waals surface area contributed by atoms with E-state index in [-0.39, 0.29) is 10.8 Å². The molecule has 10 aromatic rings. The molecule has 0 saturated heterocycles. The molecule has 0 radical (unpaired) electrons. The lowest BCUT2D eigenvalue weighted by Crippen LogP contribution is -2.29. The van der Waals surface area contributed by atoms with Crippen molar-refractivity contribution in [2.45, 2.75) is 43.9 Å². The fraction of sp³-hybridized carbons (Fsp3) is 0.108. The summed E-state index contributed by atoms with van der Waals surface area (Å²) < 4.78 is 0. The first-order valence-electron chi connectivity index (χ1n) is 23.4. The molecule has 3 aliphatic rings. The number of hydrogen-bond acceptors (Lipinski definition) is 1. The third-order valence-corrected chi connectivity index (χ3v) is 15.5. The van der Waals surface area contributed by atoms with E-state index < -0.39 is 5.41 Å². The van der Waals surface area contributed by atoms with Crippen molar-refractivity contribution < 1.29 is 0 Å². The Hall–Kier alpha value is -7.74. The summed E-state index contributed by atoms with van der Waals surface area (Å²) in [6.45, 7) is 9.57. The highest BCUT2D eigenvalue weighted by Gasteiger charge is 2.49. The monoisotopic (exact) mass is 843 g/mol. The number of fused-ring (bicyclic) bond motifs is 11. The summed E-state index contributed by atoms with van der Waals surface area (Å²) >= 11 is 0. The van der Waals surface area contributed by atoms with Gasteiger partial charge in [-0.1, -0.05) is 216 Å². The maximum absolute atomic E-state index is 2.60. The van der Waals surface area contributed by atoms with Crippen LogP contribution in [0.4, 0.5) is 17.1 Å². The van der Waals surface area contributed by atoms with Crippen molar-refractivity contribution in [1.82, 2.24) is 0 Å². The van der Waals surface area contributed by atoms with Crippen molar-refractivity contribution in [3.63, 3.8) is 0 Å². The average molecular weight is 844 g/mol. The van der Waals surface area contributed by atoms with Gasteiger partial charge in [-0.15, -0.1) is 0 Å². The molecule has 0 N–H and O–H groups in total. The van der Waals surface area contributed by atoms with Crippen LogP contribution in [0.2, 0.25) is 0 Å². The minimum absolute atomic E-state index is 0.170. The smallest absolute Gasteiger partial charge is 0.0720 e. The van der Waals surface area contributed by atoms with E-state index >= 15 is 0 Å². The van der Waals surface area contributed by atoms with Gasteiger partial charge in [-0.3, -0.25) is 0 Å². The number of anilines is 3. The van der Waals surface area contributed by atoms with E-state index in [9.17, 15) is 0 Å². The van der Waals surface area contributed by atoms with Gasteiger partial charge < -0.3 is 4.90 Å². The summed E-state index contributed by atoms with van der Waals surface area (Å²) in [6, 6.07) is 84.8. The molecule has 0 unspecified atom stereocenters. The zero-order valence-corrected chi connectivity index (χ0v) is 37.8. The van der Waals surface area contributed by atoms with Gasteiger partial charge in [0.25, 0.3) is 0 Å². The lowest BCUT2D eigenvalue weighted by molar-refractivity contribution is 0.660. The van der Waals surface area contributed by atoms with Crippen LogP contribution in [0, 0.1) is 0 Å². The van der Waals surface area contributed by atoms with E-state index in [0.717, 1.165) is 11.4 Å². The topological polar surface area (TPSA) is 3.24 Å². The minimum atomic E-state index is -0.637. The molecule has 0 aromatic heterocycles. The molecule has 0 saturated carbocycles. The Kier molecular flexibility index (Phi) is 8.28. The second kappa shape index (κ2) is 14.1. The first kappa shape index (κ1) is 38.7. The highest BCUT2D eigenvalue weighted by Crippen LogP contribution is 2.63. The Morgan fingerprint density at radius 3 is 1.38 bits per heavy atom. The molecule has 13 rings (SSSR count). The summed E-state index contributed by atoms with van der Waals surface area (Å²) in [7, 11) is 0. The summed E-state index contributed by atoms with van der Waals surface area (Å²) in [4.78, 5) is 2.60. The molecule has 0 bridgehead atoms. The molecular weight excluding hydrogens is 795 g/mol. The molecule has 66 heavy (non-hydrogen) atoms. The largest absolute Gasteiger partial charge is 0.310 e. The average Bonchev–Trinajstić information content (AvgIpc) is 3.90. The highest BCUT2D eigenvalue weighted by molar-refractivity contribution is 6.08. The lowest BCUT2D eigenvalue weighted by Gasteiger charge is -2.36. The van der Waals surface area contributed by atoms with Crippen molar-refractivity contribution in [2.75, 3.05) is 4.90 Å². The van der Waals surface area contributed by atoms with Gasteiger partial charge in [-0.2, -0.15) is 0 Å². The molecule has 1 nitrogen and oxygen atoms in total. The van der Waals surface area contributed by atoms with E-state index in [4.69, 9.17) is 0 Å². The van der Waals surface area contributed by atoms with Gasteiger partial charge in [0, 0.05) is 27.8 Å². The van der Waals surface area contributed by atoms with Gasteiger partial charge in [-0.05, 0) is 131 Å². The maximum Gasteiger partial charge on any atom is 0.0720 e. The van der Waals surface area contributed by atoms with Crippen molar-refractivity contribution in [2.24, 2.45) is 0 Å². The predicted molar refractivity (Wildman–Crippen MR) is 276 cm³/mol. The summed E-state index contributed by atoms with van der Waals surface area (Å²) in [6.07, 6.45) is 0. The number of hydrogen-bond donors (Lipinski definition) is 0. The summed E-state index contributed by atoms with van der Waals surface area (Å²) in [5, 5.41) is 2.48. The molecule has 314 valence electrons. The normalized spacial score (nSPS) is 15.0. The van der Waals surface area contributed by atoms with Gasteiger partial charge >= 0.3 is 0 Å². The van der Waals surface area contributed by atoms with Crippen molar-refractivity contribution in [3.05, 3.63) is 269 Å². The van der Waals surface area contributed by atoms with E-state index in [1.165, 1.54) is 105 Å². The van der Waals surface area contributed by atoms with Crippen LogP contribution in [-0.2, 0) is 16.2 Å². The fourth-order valence-corrected chi connectivity index (χ4v) is 12.4. The van der Waals surface area contributed by atoms with E-state index in [2.05, 4.69) is 257 Å². The van der Waals surface area contributed by atoms with Crippen LogP contribution in [0.15, 0.2) is 224 Å². The van der Waals surface area contributed by atoms with Crippen LogP contribution >= 0.6 is 0 Å². The van der Waals surface area contributed by atoms with Crippen molar-refractivity contribution in [3.8, 4) is 44.5 Å². The first-order chi connectivity index (χ1) is 32.3. The third kappa shape index (κ3) is 5.29. The number of benzene rings is 10. The molecule has 0 amide bonds. The Morgan fingerprint density at radius 1 is 0.333 bits per heavy atom.